The quantitative estimate of drug-likeness (QED) is 0.665. The Morgan fingerprint density at radius 2 is 1.69 bits per heavy atom. The van der Waals surface area contributed by atoms with Crippen LogP contribution in [0.25, 0.3) is 10.9 Å². The van der Waals surface area contributed by atoms with Crippen molar-refractivity contribution in [1.82, 2.24) is 9.29 Å². The Balaban J connectivity index is 2.01. The van der Waals surface area contributed by atoms with Gasteiger partial charge in [0.2, 0.25) is 0 Å². The van der Waals surface area contributed by atoms with E-state index in [1.54, 1.807) is 18.2 Å². The molecule has 3 aromatic rings. The lowest BCUT2D eigenvalue weighted by atomic mass is 10.1. The summed E-state index contributed by atoms with van der Waals surface area (Å²) in [5.41, 5.74) is -0.657. The Hall–Kier alpha value is -2.23. The third-order valence-corrected chi connectivity index (χ3v) is 7.08. The zero-order valence-corrected chi connectivity index (χ0v) is 16.7. The summed E-state index contributed by atoms with van der Waals surface area (Å²) in [6, 6.07) is 10.2. The first-order valence-corrected chi connectivity index (χ1v) is 10.7. The van der Waals surface area contributed by atoms with Gasteiger partial charge >= 0.3 is 6.18 Å². The largest absolute Gasteiger partial charge is 0.418 e. The average Bonchev–Trinajstić information content (AvgIpc) is 3.10. The molecule has 1 saturated heterocycles. The fourth-order valence-electron chi connectivity index (χ4n) is 3.58. The standard InChI is InChI=1S/C19H17ClF3N3O2S/c20-14-4-1-2-7-17(14)29(27,28)26-12-13(19(21,22)23)18-15(5-3-6-16(18)26)25-10-8-24-9-11-25/h1-7,12,24H,8-11H2. The number of piperazine rings is 1. The lowest BCUT2D eigenvalue weighted by Gasteiger charge is -2.30. The van der Waals surface area contributed by atoms with Crippen molar-refractivity contribution >= 4 is 38.2 Å². The number of nitrogens with zero attached hydrogens (tertiary/aromatic N) is 2. The molecule has 10 heteroatoms. The summed E-state index contributed by atoms with van der Waals surface area (Å²) in [6.45, 7) is 2.32. The molecular formula is C19H17ClF3N3O2S. The van der Waals surface area contributed by atoms with E-state index in [0.717, 1.165) is 0 Å². The fourth-order valence-corrected chi connectivity index (χ4v) is 5.44. The second-order valence-electron chi connectivity index (χ2n) is 6.68. The minimum absolute atomic E-state index is 0.0340. The summed E-state index contributed by atoms with van der Waals surface area (Å²) in [6.07, 6.45) is -4.07. The normalized spacial score (nSPS) is 15.8. The van der Waals surface area contributed by atoms with Gasteiger partial charge in [-0.3, -0.25) is 0 Å². The molecule has 1 fully saturated rings. The Labute approximate surface area is 170 Å². The highest BCUT2D eigenvalue weighted by Crippen LogP contribution is 2.42. The van der Waals surface area contributed by atoms with Crippen LogP contribution in [0, 0.1) is 0 Å². The number of aromatic nitrogens is 1. The third-order valence-electron chi connectivity index (χ3n) is 4.91. The number of rotatable bonds is 3. The van der Waals surface area contributed by atoms with E-state index >= 15 is 0 Å². The molecule has 0 unspecified atom stereocenters. The number of halogens is 4. The zero-order valence-electron chi connectivity index (χ0n) is 15.1. The predicted octanol–water partition coefficient (Wildman–Crippen LogP) is 3.96. The van der Waals surface area contributed by atoms with Gasteiger partial charge in [-0.25, -0.2) is 12.4 Å². The van der Waals surface area contributed by atoms with E-state index in [1.807, 2.05) is 4.90 Å². The van der Waals surface area contributed by atoms with Crippen molar-refractivity contribution in [1.29, 1.82) is 0 Å². The highest BCUT2D eigenvalue weighted by atomic mass is 35.5. The van der Waals surface area contributed by atoms with Crippen molar-refractivity contribution in [2.75, 3.05) is 31.1 Å². The predicted molar refractivity (Wildman–Crippen MR) is 106 cm³/mol. The van der Waals surface area contributed by atoms with Gasteiger partial charge in [0, 0.05) is 43.4 Å². The second kappa shape index (κ2) is 7.23. The average molecular weight is 444 g/mol. The van der Waals surface area contributed by atoms with Crippen LogP contribution in [0.5, 0.6) is 0 Å². The van der Waals surface area contributed by atoms with Gasteiger partial charge in [-0.1, -0.05) is 29.8 Å². The second-order valence-corrected chi connectivity index (χ2v) is 8.87. The molecule has 4 rings (SSSR count). The van der Waals surface area contributed by atoms with E-state index in [4.69, 9.17) is 11.6 Å². The van der Waals surface area contributed by atoms with Crippen molar-refractivity contribution in [2.45, 2.75) is 11.1 Å². The van der Waals surface area contributed by atoms with E-state index < -0.39 is 21.8 Å². The maximum atomic E-state index is 13.9. The summed E-state index contributed by atoms with van der Waals surface area (Å²) in [5, 5.41) is 2.97. The molecule has 0 spiro atoms. The first-order valence-electron chi connectivity index (χ1n) is 8.88. The van der Waals surface area contributed by atoms with Crippen molar-refractivity contribution in [2.24, 2.45) is 0 Å². The summed E-state index contributed by atoms with van der Waals surface area (Å²) < 4.78 is 68.7. The molecule has 0 bridgehead atoms. The van der Waals surface area contributed by atoms with Gasteiger partial charge in [-0.05, 0) is 24.3 Å². The molecule has 1 aliphatic heterocycles. The Bertz CT molecular complexity index is 1170. The summed E-state index contributed by atoms with van der Waals surface area (Å²) in [5.74, 6) is 0. The van der Waals surface area contributed by atoms with Crippen molar-refractivity contribution in [3.05, 3.63) is 59.2 Å². The molecule has 1 N–H and O–H groups in total. The van der Waals surface area contributed by atoms with E-state index in [0.29, 0.717) is 42.0 Å². The molecule has 29 heavy (non-hydrogen) atoms. The van der Waals surface area contributed by atoms with Gasteiger partial charge in [0.05, 0.1) is 16.1 Å². The minimum Gasteiger partial charge on any atom is -0.368 e. The van der Waals surface area contributed by atoms with Crippen LogP contribution in [0.15, 0.2) is 53.6 Å². The molecule has 1 aliphatic rings. The van der Waals surface area contributed by atoms with Crippen LogP contribution in [0.2, 0.25) is 5.02 Å². The molecule has 2 aromatic carbocycles. The molecule has 1 aromatic heterocycles. The fraction of sp³-hybridized carbons (Fsp3) is 0.263. The minimum atomic E-state index is -4.72. The van der Waals surface area contributed by atoms with Crippen LogP contribution in [0.1, 0.15) is 5.56 Å². The molecule has 154 valence electrons. The van der Waals surface area contributed by atoms with E-state index in [9.17, 15) is 21.6 Å². The van der Waals surface area contributed by atoms with E-state index in [2.05, 4.69) is 5.32 Å². The summed E-state index contributed by atoms with van der Waals surface area (Å²) in [7, 11) is -4.33. The van der Waals surface area contributed by atoms with Crippen LogP contribution in [0.4, 0.5) is 18.9 Å². The molecular weight excluding hydrogens is 427 g/mol. The Morgan fingerprint density at radius 3 is 2.34 bits per heavy atom. The van der Waals surface area contributed by atoms with Crippen LogP contribution in [-0.2, 0) is 16.2 Å². The van der Waals surface area contributed by atoms with Crippen molar-refractivity contribution in [3.63, 3.8) is 0 Å². The highest BCUT2D eigenvalue weighted by Gasteiger charge is 2.38. The number of hydrogen-bond donors (Lipinski definition) is 1. The van der Waals surface area contributed by atoms with Crippen LogP contribution >= 0.6 is 11.6 Å². The molecule has 5 nitrogen and oxygen atoms in total. The topological polar surface area (TPSA) is 54.3 Å². The number of alkyl halides is 3. The zero-order chi connectivity index (χ0) is 20.8. The van der Waals surface area contributed by atoms with Gasteiger partial charge in [0.1, 0.15) is 4.90 Å². The van der Waals surface area contributed by atoms with Crippen LogP contribution in [0.3, 0.4) is 0 Å². The lowest BCUT2D eigenvalue weighted by Crippen LogP contribution is -2.43. The van der Waals surface area contributed by atoms with Crippen LogP contribution < -0.4 is 10.2 Å². The Kier molecular flexibility index (Phi) is 5.00. The molecule has 0 aliphatic carbocycles. The van der Waals surface area contributed by atoms with Crippen LogP contribution in [-0.4, -0.2) is 38.6 Å². The monoisotopic (exact) mass is 443 g/mol. The maximum Gasteiger partial charge on any atom is 0.418 e. The summed E-state index contributed by atoms with van der Waals surface area (Å²) in [4.78, 5) is 1.58. The first-order chi connectivity index (χ1) is 13.7. The third kappa shape index (κ3) is 3.47. The number of benzene rings is 2. The van der Waals surface area contributed by atoms with Gasteiger partial charge in [-0.2, -0.15) is 13.2 Å². The number of anilines is 1. The number of fused-ring (bicyclic) bond motifs is 1. The molecule has 0 amide bonds. The number of nitrogens with one attached hydrogen (secondary N) is 1. The Morgan fingerprint density at radius 1 is 1.00 bits per heavy atom. The summed E-state index contributed by atoms with van der Waals surface area (Å²) >= 11 is 6.03. The SMILES string of the molecule is O=S(=O)(c1ccccc1Cl)n1cc(C(F)(F)F)c2c(N3CCNCC3)cccc21. The smallest absolute Gasteiger partial charge is 0.368 e. The van der Waals surface area contributed by atoms with Crippen molar-refractivity contribution < 1.29 is 21.6 Å². The van der Waals surface area contributed by atoms with Crippen molar-refractivity contribution in [3.8, 4) is 0 Å². The first kappa shape index (κ1) is 20.1. The van der Waals surface area contributed by atoms with Gasteiger partial charge in [-0.15, -0.1) is 0 Å². The molecule has 0 atom stereocenters. The molecule has 0 saturated carbocycles. The maximum absolute atomic E-state index is 13.9. The van der Waals surface area contributed by atoms with E-state index in [1.165, 1.54) is 24.3 Å². The van der Waals surface area contributed by atoms with E-state index in [-0.39, 0.29) is 20.8 Å². The number of hydrogen-bond acceptors (Lipinski definition) is 4. The van der Waals surface area contributed by atoms with Gasteiger partial charge in [0.15, 0.2) is 0 Å². The van der Waals surface area contributed by atoms with Gasteiger partial charge in [0.25, 0.3) is 10.0 Å². The van der Waals surface area contributed by atoms with Gasteiger partial charge < -0.3 is 10.2 Å². The lowest BCUT2D eigenvalue weighted by molar-refractivity contribution is -0.136. The molecule has 0 radical (unpaired) electrons. The molecule has 2 heterocycles. The highest BCUT2D eigenvalue weighted by molar-refractivity contribution is 7.90.